The molecule has 1 heterocycles. The maximum Gasteiger partial charge on any atom is 0.433 e. The minimum atomic E-state index is -4.34. The van der Waals surface area contributed by atoms with Crippen LogP contribution in [0.2, 0.25) is 0 Å². The number of aromatic nitrogens is 1. The van der Waals surface area contributed by atoms with E-state index in [2.05, 4.69) is 11.9 Å². The van der Waals surface area contributed by atoms with Crippen LogP contribution in [0, 0.1) is 23.7 Å². The first kappa shape index (κ1) is 21.6. The van der Waals surface area contributed by atoms with Gasteiger partial charge in [0, 0.05) is 6.20 Å². The molecule has 28 heavy (non-hydrogen) atoms. The molecule has 0 saturated heterocycles. The highest BCUT2D eigenvalue weighted by Crippen LogP contribution is 2.43. The number of hydrogen-bond acceptors (Lipinski definition) is 1. The van der Waals surface area contributed by atoms with E-state index in [1.807, 2.05) is 0 Å². The second kappa shape index (κ2) is 10.1. The Hall–Kier alpha value is -1.06. The maximum absolute atomic E-state index is 12.6. The van der Waals surface area contributed by atoms with Crippen LogP contribution < -0.4 is 0 Å². The molecular formula is C24H36F3N. The Balaban J connectivity index is 1.35. The summed E-state index contributed by atoms with van der Waals surface area (Å²) in [5, 5.41) is 0. The minimum Gasteiger partial charge on any atom is -0.252 e. The van der Waals surface area contributed by atoms with E-state index in [0.717, 1.165) is 48.1 Å². The van der Waals surface area contributed by atoms with Crippen LogP contribution in [-0.2, 0) is 12.6 Å². The van der Waals surface area contributed by atoms with E-state index < -0.39 is 11.9 Å². The van der Waals surface area contributed by atoms with Gasteiger partial charge in [-0.3, -0.25) is 4.98 Å². The summed E-state index contributed by atoms with van der Waals surface area (Å²) in [4.78, 5) is 3.59. The summed E-state index contributed by atoms with van der Waals surface area (Å²) >= 11 is 0. The molecule has 1 nitrogen and oxygen atoms in total. The molecule has 2 saturated carbocycles. The SMILES string of the molecule is CCCC[C@H]1CC[C@H]([C@H]2CC[C@H](CCc3ccc(C(F)(F)F)nc3)CC2)CC1. The molecule has 1 aromatic heterocycles. The summed E-state index contributed by atoms with van der Waals surface area (Å²) in [7, 11) is 0. The van der Waals surface area contributed by atoms with Gasteiger partial charge in [-0.25, -0.2) is 0 Å². The van der Waals surface area contributed by atoms with Crippen molar-refractivity contribution in [1.29, 1.82) is 0 Å². The van der Waals surface area contributed by atoms with Gasteiger partial charge in [-0.15, -0.1) is 0 Å². The summed E-state index contributed by atoms with van der Waals surface area (Å²) in [6, 6.07) is 2.71. The van der Waals surface area contributed by atoms with Gasteiger partial charge in [0.25, 0.3) is 0 Å². The zero-order valence-electron chi connectivity index (χ0n) is 17.3. The van der Waals surface area contributed by atoms with Crippen molar-refractivity contribution in [1.82, 2.24) is 4.98 Å². The molecule has 0 aromatic carbocycles. The summed E-state index contributed by atoms with van der Waals surface area (Å²) < 4.78 is 37.8. The van der Waals surface area contributed by atoms with Crippen molar-refractivity contribution in [3.05, 3.63) is 29.6 Å². The largest absolute Gasteiger partial charge is 0.433 e. The molecule has 1 aromatic rings. The molecule has 0 radical (unpaired) electrons. The number of pyridine rings is 1. The molecular weight excluding hydrogens is 359 g/mol. The third kappa shape index (κ3) is 6.22. The number of alkyl halides is 3. The van der Waals surface area contributed by atoms with Crippen molar-refractivity contribution < 1.29 is 13.2 Å². The van der Waals surface area contributed by atoms with Crippen molar-refractivity contribution in [3.63, 3.8) is 0 Å². The van der Waals surface area contributed by atoms with Crippen LogP contribution in [0.15, 0.2) is 18.3 Å². The Bertz CT molecular complexity index is 565. The second-order valence-electron chi connectivity index (χ2n) is 9.29. The first-order valence-electron chi connectivity index (χ1n) is 11.5. The fraction of sp³-hybridized carbons (Fsp3) is 0.792. The average molecular weight is 396 g/mol. The van der Waals surface area contributed by atoms with E-state index in [0.29, 0.717) is 0 Å². The van der Waals surface area contributed by atoms with E-state index in [4.69, 9.17) is 0 Å². The van der Waals surface area contributed by atoms with E-state index >= 15 is 0 Å². The zero-order valence-corrected chi connectivity index (χ0v) is 17.3. The Labute approximate surface area is 168 Å². The van der Waals surface area contributed by atoms with Crippen LogP contribution in [0.4, 0.5) is 13.2 Å². The lowest BCUT2D eigenvalue weighted by Crippen LogP contribution is -2.26. The number of nitrogens with zero attached hydrogens (tertiary/aromatic N) is 1. The molecule has 0 atom stereocenters. The molecule has 2 aliphatic carbocycles. The van der Waals surface area contributed by atoms with Gasteiger partial charge in [-0.05, 0) is 73.8 Å². The molecule has 158 valence electrons. The average Bonchev–Trinajstić information content (AvgIpc) is 2.71. The lowest BCUT2D eigenvalue weighted by Gasteiger charge is -2.38. The topological polar surface area (TPSA) is 12.9 Å². The summed E-state index contributed by atoms with van der Waals surface area (Å²) in [5.41, 5.74) is 0.140. The quantitative estimate of drug-likeness (QED) is 0.458. The highest BCUT2D eigenvalue weighted by molar-refractivity contribution is 5.16. The molecule has 3 rings (SSSR count). The fourth-order valence-corrected chi connectivity index (χ4v) is 5.50. The Morgan fingerprint density at radius 2 is 1.43 bits per heavy atom. The standard InChI is InChI=1S/C24H36F3N/c1-2-3-4-18-7-12-21(13-8-18)22-14-9-19(10-15-22)5-6-20-11-16-23(28-17-20)24(25,26)27/h11,16-19,21-22H,2-10,12-15H2,1H3/t18-,19-,21-,22-. The summed E-state index contributed by atoms with van der Waals surface area (Å²) in [5.74, 6) is 3.61. The molecule has 2 fully saturated rings. The first-order chi connectivity index (χ1) is 13.5. The van der Waals surface area contributed by atoms with Gasteiger partial charge >= 0.3 is 6.18 Å². The first-order valence-corrected chi connectivity index (χ1v) is 11.5. The Kier molecular flexibility index (Phi) is 7.82. The van der Waals surface area contributed by atoms with Crippen molar-refractivity contribution in [2.45, 2.75) is 96.6 Å². The van der Waals surface area contributed by atoms with E-state index in [-0.39, 0.29) is 0 Å². The third-order valence-electron chi connectivity index (χ3n) is 7.37. The van der Waals surface area contributed by atoms with E-state index in [1.54, 1.807) is 6.07 Å². The predicted octanol–water partition coefficient (Wildman–Crippen LogP) is 7.84. The molecule has 0 aliphatic heterocycles. The smallest absolute Gasteiger partial charge is 0.252 e. The van der Waals surface area contributed by atoms with Crippen LogP contribution in [0.3, 0.4) is 0 Å². The second-order valence-corrected chi connectivity index (χ2v) is 9.29. The fourth-order valence-electron chi connectivity index (χ4n) is 5.50. The van der Waals surface area contributed by atoms with Crippen LogP contribution in [0.25, 0.3) is 0 Å². The van der Waals surface area contributed by atoms with Gasteiger partial charge < -0.3 is 0 Å². The van der Waals surface area contributed by atoms with Crippen LogP contribution in [0.1, 0.15) is 95.2 Å². The minimum absolute atomic E-state index is 0.736. The predicted molar refractivity (Wildman–Crippen MR) is 108 cm³/mol. The van der Waals surface area contributed by atoms with Crippen molar-refractivity contribution >= 4 is 0 Å². The number of aryl methyl sites for hydroxylation is 1. The van der Waals surface area contributed by atoms with Gasteiger partial charge in [0.15, 0.2) is 0 Å². The highest BCUT2D eigenvalue weighted by atomic mass is 19.4. The lowest BCUT2D eigenvalue weighted by atomic mass is 9.68. The molecule has 0 spiro atoms. The maximum atomic E-state index is 12.6. The number of rotatable bonds is 7. The molecule has 2 aliphatic rings. The molecule has 0 bridgehead atoms. The van der Waals surface area contributed by atoms with Gasteiger partial charge in [-0.1, -0.05) is 57.9 Å². The summed E-state index contributed by atoms with van der Waals surface area (Å²) in [6.07, 6.45) is 14.3. The number of unbranched alkanes of at least 4 members (excludes halogenated alkanes) is 1. The molecule has 0 amide bonds. The van der Waals surface area contributed by atoms with Crippen LogP contribution in [-0.4, -0.2) is 4.98 Å². The van der Waals surface area contributed by atoms with Crippen LogP contribution >= 0.6 is 0 Å². The Morgan fingerprint density at radius 1 is 0.857 bits per heavy atom. The van der Waals surface area contributed by atoms with Gasteiger partial charge in [-0.2, -0.15) is 13.2 Å². The highest BCUT2D eigenvalue weighted by Gasteiger charge is 2.32. The lowest BCUT2D eigenvalue weighted by molar-refractivity contribution is -0.141. The van der Waals surface area contributed by atoms with E-state index in [9.17, 15) is 13.2 Å². The van der Waals surface area contributed by atoms with Crippen molar-refractivity contribution in [2.75, 3.05) is 0 Å². The van der Waals surface area contributed by atoms with E-state index in [1.165, 1.54) is 76.8 Å². The van der Waals surface area contributed by atoms with Crippen LogP contribution in [0.5, 0.6) is 0 Å². The summed E-state index contributed by atoms with van der Waals surface area (Å²) in [6.45, 7) is 2.29. The normalized spacial score (nSPS) is 29.0. The molecule has 0 N–H and O–H groups in total. The van der Waals surface area contributed by atoms with Crippen molar-refractivity contribution in [3.8, 4) is 0 Å². The number of halogens is 3. The number of hydrogen-bond donors (Lipinski definition) is 0. The molecule has 4 heteroatoms. The van der Waals surface area contributed by atoms with Gasteiger partial charge in [0.05, 0.1) is 0 Å². The zero-order chi connectivity index (χ0) is 20.0. The Morgan fingerprint density at radius 3 is 1.89 bits per heavy atom. The van der Waals surface area contributed by atoms with Crippen molar-refractivity contribution in [2.24, 2.45) is 23.7 Å². The monoisotopic (exact) mass is 395 g/mol. The van der Waals surface area contributed by atoms with Gasteiger partial charge in [0.2, 0.25) is 0 Å². The third-order valence-corrected chi connectivity index (χ3v) is 7.37. The van der Waals surface area contributed by atoms with Gasteiger partial charge in [0.1, 0.15) is 5.69 Å². The molecule has 0 unspecified atom stereocenters.